The van der Waals surface area contributed by atoms with Gasteiger partial charge in [-0.15, -0.1) is 11.3 Å². The van der Waals surface area contributed by atoms with E-state index in [-0.39, 0.29) is 5.97 Å². The normalized spacial score (nSPS) is 11.1. The molecule has 1 aromatic heterocycles. The molecule has 4 heteroatoms. The third-order valence-electron chi connectivity index (χ3n) is 2.26. The topological polar surface area (TPSA) is 39.2 Å². The van der Waals surface area contributed by atoms with Gasteiger partial charge in [0.05, 0.1) is 28.8 Å². The fourth-order valence-corrected chi connectivity index (χ4v) is 2.21. The number of aromatic nitrogens is 1. The molecule has 88 valence electrons. The molecule has 0 aliphatic carbocycles. The van der Waals surface area contributed by atoms with Crippen molar-refractivity contribution in [3.8, 4) is 0 Å². The first kappa shape index (κ1) is 11.8. The van der Waals surface area contributed by atoms with Crippen molar-refractivity contribution in [2.75, 3.05) is 6.61 Å². The fraction of sp³-hybridized carbons (Fsp3) is 0.231. The van der Waals surface area contributed by atoms with Gasteiger partial charge in [0, 0.05) is 0 Å². The summed E-state index contributed by atoms with van der Waals surface area (Å²) in [4.78, 5) is 15.3. The third kappa shape index (κ3) is 3.14. The summed E-state index contributed by atoms with van der Waals surface area (Å²) in [5.41, 5.74) is 3.92. The van der Waals surface area contributed by atoms with Crippen LogP contribution in [0.1, 0.15) is 18.9 Å². The number of carbonyl (C=O) groups excluding carboxylic acids is 1. The van der Waals surface area contributed by atoms with E-state index in [1.54, 1.807) is 18.3 Å². The van der Waals surface area contributed by atoms with Gasteiger partial charge in [0.15, 0.2) is 0 Å². The van der Waals surface area contributed by atoms with Crippen molar-refractivity contribution in [2.24, 2.45) is 0 Å². The van der Waals surface area contributed by atoms with Crippen LogP contribution in [-0.2, 0) is 9.53 Å². The van der Waals surface area contributed by atoms with Gasteiger partial charge in [-0.2, -0.15) is 0 Å². The molecule has 0 N–H and O–H groups in total. The van der Waals surface area contributed by atoms with E-state index in [0.29, 0.717) is 13.0 Å². The summed E-state index contributed by atoms with van der Waals surface area (Å²) >= 11 is 1.61. The summed E-state index contributed by atoms with van der Waals surface area (Å²) in [6.07, 6.45) is 4.06. The lowest BCUT2D eigenvalue weighted by atomic mass is 10.2. The first-order valence-corrected chi connectivity index (χ1v) is 6.33. The van der Waals surface area contributed by atoms with Crippen molar-refractivity contribution < 1.29 is 9.53 Å². The van der Waals surface area contributed by atoms with Crippen LogP contribution in [0.15, 0.2) is 29.8 Å². The van der Waals surface area contributed by atoms with E-state index in [0.717, 1.165) is 15.8 Å². The van der Waals surface area contributed by atoms with Crippen LogP contribution in [0.4, 0.5) is 0 Å². The highest BCUT2D eigenvalue weighted by Gasteiger charge is 1.98. The third-order valence-corrected chi connectivity index (χ3v) is 3.05. The first-order chi connectivity index (χ1) is 8.29. The molecule has 2 rings (SSSR count). The number of carbonyl (C=O) groups is 1. The highest BCUT2D eigenvalue weighted by molar-refractivity contribution is 7.16. The molecule has 0 saturated heterocycles. The molecule has 17 heavy (non-hydrogen) atoms. The minimum atomic E-state index is -0.192. The van der Waals surface area contributed by atoms with Gasteiger partial charge in [-0.25, -0.2) is 4.98 Å². The molecule has 0 bridgehead atoms. The minimum absolute atomic E-state index is 0.192. The maximum Gasteiger partial charge on any atom is 0.309 e. The van der Waals surface area contributed by atoms with E-state index in [1.165, 1.54) is 0 Å². The predicted octanol–water partition coefficient (Wildman–Crippen LogP) is 3.26. The Balaban J connectivity index is 2.02. The number of hydrogen-bond acceptors (Lipinski definition) is 4. The standard InChI is InChI=1S/C13H13NO2S/c1-2-16-13(15)5-3-4-10-6-7-11-12(8-10)17-9-14-11/h3-4,6-9H,2,5H2,1H3. The molecular formula is C13H13NO2S. The summed E-state index contributed by atoms with van der Waals surface area (Å²) in [5.74, 6) is -0.192. The number of hydrogen-bond donors (Lipinski definition) is 0. The van der Waals surface area contributed by atoms with Crippen molar-refractivity contribution in [1.29, 1.82) is 0 Å². The highest BCUT2D eigenvalue weighted by atomic mass is 32.1. The van der Waals surface area contributed by atoms with Gasteiger partial charge in [0.25, 0.3) is 0 Å². The lowest BCUT2D eigenvalue weighted by molar-refractivity contribution is -0.142. The van der Waals surface area contributed by atoms with E-state index < -0.39 is 0 Å². The van der Waals surface area contributed by atoms with Gasteiger partial charge in [0.1, 0.15) is 0 Å². The van der Waals surface area contributed by atoms with Crippen molar-refractivity contribution in [2.45, 2.75) is 13.3 Å². The van der Waals surface area contributed by atoms with E-state index in [1.807, 2.05) is 29.8 Å². The van der Waals surface area contributed by atoms with E-state index in [4.69, 9.17) is 4.74 Å². The summed E-state index contributed by atoms with van der Waals surface area (Å²) in [7, 11) is 0. The molecule has 0 unspecified atom stereocenters. The molecule has 0 amide bonds. The molecule has 0 aliphatic heterocycles. The Morgan fingerprint density at radius 2 is 2.41 bits per heavy atom. The van der Waals surface area contributed by atoms with Gasteiger partial charge in [0.2, 0.25) is 0 Å². The van der Waals surface area contributed by atoms with Crippen LogP contribution >= 0.6 is 11.3 Å². The molecule has 1 heterocycles. The molecule has 0 fully saturated rings. The SMILES string of the molecule is CCOC(=O)CC=Cc1ccc2ncsc2c1. The van der Waals surface area contributed by atoms with E-state index in [9.17, 15) is 4.79 Å². The Hall–Kier alpha value is -1.68. The fourth-order valence-electron chi connectivity index (χ4n) is 1.49. The smallest absolute Gasteiger partial charge is 0.309 e. The molecule has 0 atom stereocenters. The summed E-state index contributed by atoms with van der Waals surface area (Å²) in [6, 6.07) is 6.04. The zero-order valence-corrected chi connectivity index (χ0v) is 10.4. The average Bonchev–Trinajstić information content (AvgIpc) is 2.76. The van der Waals surface area contributed by atoms with Crippen LogP contribution in [-0.4, -0.2) is 17.6 Å². The Morgan fingerprint density at radius 3 is 3.24 bits per heavy atom. The van der Waals surface area contributed by atoms with Gasteiger partial charge >= 0.3 is 5.97 Å². The van der Waals surface area contributed by atoms with Crippen molar-refractivity contribution in [3.05, 3.63) is 35.3 Å². The molecule has 3 nitrogen and oxygen atoms in total. The number of benzene rings is 1. The summed E-state index contributed by atoms with van der Waals surface area (Å²) < 4.78 is 6.00. The minimum Gasteiger partial charge on any atom is -0.466 e. The molecule has 0 saturated carbocycles. The molecule has 0 spiro atoms. The van der Waals surface area contributed by atoms with Gasteiger partial charge in [-0.05, 0) is 24.6 Å². The van der Waals surface area contributed by atoms with Gasteiger partial charge in [-0.1, -0.05) is 18.2 Å². The number of esters is 1. The number of thiazole rings is 1. The maximum absolute atomic E-state index is 11.1. The summed E-state index contributed by atoms with van der Waals surface area (Å²) in [6.45, 7) is 2.23. The van der Waals surface area contributed by atoms with Crippen molar-refractivity contribution in [3.63, 3.8) is 0 Å². The van der Waals surface area contributed by atoms with Gasteiger partial charge in [-0.3, -0.25) is 4.79 Å². The largest absolute Gasteiger partial charge is 0.466 e. The molecule has 0 radical (unpaired) electrons. The number of fused-ring (bicyclic) bond motifs is 1. The van der Waals surface area contributed by atoms with E-state index in [2.05, 4.69) is 11.1 Å². The first-order valence-electron chi connectivity index (χ1n) is 5.45. The molecule has 1 aromatic carbocycles. The second-order valence-corrected chi connectivity index (χ2v) is 4.38. The second-order valence-electron chi connectivity index (χ2n) is 3.49. The molecule has 2 aromatic rings. The lowest BCUT2D eigenvalue weighted by Gasteiger charge is -1.97. The Labute approximate surface area is 104 Å². The van der Waals surface area contributed by atoms with Crippen LogP contribution in [0, 0.1) is 0 Å². The predicted molar refractivity (Wildman–Crippen MR) is 69.9 cm³/mol. The summed E-state index contributed by atoms with van der Waals surface area (Å²) in [5, 5.41) is 0. The Kier molecular flexibility index (Phi) is 3.88. The van der Waals surface area contributed by atoms with Crippen LogP contribution in [0.25, 0.3) is 16.3 Å². The Morgan fingerprint density at radius 1 is 1.53 bits per heavy atom. The zero-order chi connectivity index (χ0) is 12.1. The number of ether oxygens (including phenoxy) is 1. The lowest BCUT2D eigenvalue weighted by Crippen LogP contribution is -2.01. The molecular weight excluding hydrogens is 234 g/mol. The van der Waals surface area contributed by atoms with Crippen LogP contribution in [0.3, 0.4) is 0 Å². The monoisotopic (exact) mass is 247 g/mol. The van der Waals surface area contributed by atoms with Crippen molar-refractivity contribution in [1.82, 2.24) is 4.98 Å². The second kappa shape index (κ2) is 5.59. The number of rotatable bonds is 4. The maximum atomic E-state index is 11.1. The number of nitrogens with zero attached hydrogens (tertiary/aromatic N) is 1. The Bertz CT molecular complexity index is 545. The van der Waals surface area contributed by atoms with Crippen molar-refractivity contribution >= 4 is 33.6 Å². The average molecular weight is 247 g/mol. The van der Waals surface area contributed by atoms with Crippen LogP contribution < -0.4 is 0 Å². The van der Waals surface area contributed by atoms with E-state index >= 15 is 0 Å². The highest BCUT2D eigenvalue weighted by Crippen LogP contribution is 2.19. The zero-order valence-electron chi connectivity index (χ0n) is 9.55. The van der Waals surface area contributed by atoms with Crippen LogP contribution in [0.5, 0.6) is 0 Å². The molecule has 0 aliphatic rings. The quantitative estimate of drug-likeness (QED) is 0.778. The van der Waals surface area contributed by atoms with Crippen LogP contribution in [0.2, 0.25) is 0 Å². The van der Waals surface area contributed by atoms with Gasteiger partial charge < -0.3 is 4.74 Å².